The van der Waals surface area contributed by atoms with Crippen LogP contribution in [0.3, 0.4) is 0 Å². The maximum absolute atomic E-state index is 4.00. The van der Waals surface area contributed by atoms with Gasteiger partial charge in [-0.05, 0) is 84.5 Å². The molecule has 39 heavy (non-hydrogen) atoms. The number of halogens is 2. The predicted molar refractivity (Wildman–Crippen MR) is 183 cm³/mol. The van der Waals surface area contributed by atoms with Crippen molar-refractivity contribution in [3.8, 4) is 0 Å². The third-order valence-corrected chi connectivity index (χ3v) is 9.63. The number of benzene rings is 2. The number of rotatable bonds is 15. The standard InChI is InChI=1S/C36H55Br2N/c1-8-9-10-11-12-13-14-15-16-17-18-19-20-21-22-39-33-29(23-27(25-31(33)37)35(2,3)4)30-24-28(36(5,6)7)26-32(38)34(30)39/h23-26H,8-22H2,1-7H3. The van der Waals surface area contributed by atoms with Crippen molar-refractivity contribution >= 4 is 53.7 Å². The normalized spacial score (nSPS) is 12.7. The van der Waals surface area contributed by atoms with Crippen LogP contribution in [0.5, 0.6) is 0 Å². The molecule has 3 heteroatoms. The Labute approximate surface area is 257 Å². The maximum atomic E-state index is 4.00. The van der Waals surface area contributed by atoms with Gasteiger partial charge in [-0.25, -0.2) is 0 Å². The first-order chi connectivity index (χ1) is 18.4. The van der Waals surface area contributed by atoms with E-state index in [4.69, 9.17) is 0 Å². The molecular formula is C36H55Br2N. The number of hydrogen-bond acceptors (Lipinski definition) is 0. The Balaban J connectivity index is 1.64. The minimum absolute atomic E-state index is 0.110. The fourth-order valence-electron chi connectivity index (χ4n) is 5.82. The van der Waals surface area contributed by atoms with Crippen LogP contribution in [0.2, 0.25) is 0 Å². The van der Waals surface area contributed by atoms with E-state index in [1.807, 2.05) is 0 Å². The Kier molecular flexibility index (Phi) is 12.5. The summed E-state index contributed by atoms with van der Waals surface area (Å²) in [6, 6.07) is 9.59. The van der Waals surface area contributed by atoms with Gasteiger partial charge in [-0.15, -0.1) is 0 Å². The first-order valence-electron chi connectivity index (χ1n) is 15.9. The van der Waals surface area contributed by atoms with Gasteiger partial charge >= 0.3 is 0 Å². The molecule has 1 aromatic heterocycles. The van der Waals surface area contributed by atoms with Crippen LogP contribution in [0.25, 0.3) is 21.8 Å². The molecule has 0 radical (unpaired) electrons. The summed E-state index contributed by atoms with van der Waals surface area (Å²) in [7, 11) is 0. The van der Waals surface area contributed by atoms with Crippen LogP contribution >= 0.6 is 31.9 Å². The monoisotopic (exact) mass is 659 g/mol. The van der Waals surface area contributed by atoms with Crippen LogP contribution in [0.1, 0.15) is 149 Å². The van der Waals surface area contributed by atoms with E-state index < -0.39 is 0 Å². The number of hydrogen-bond donors (Lipinski definition) is 0. The van der Waals surface area contributed by atoms with E-state index in [0.717, 1.165) is 6.54 Å². The molecule has 0 fully saturated rings. The van der Waals surface area contributed by atoms with Crippen LogP contribution in [0, 0.1) is 0 Å². The molecule has 0 aliphatic heterocycles. The molecule has 0 aliphatic carbocycles. The van der Waals surface area contributed by atoms with Gasteiger partial charge in [-0.1, -0.05) is 132 Å². The Hall–Kier alpha value is -0.800. The highest BCUT2D eigenvalue weighted by molar-refractivity contribution is 9.11. The van der Waals surface area contributed by atoms with Crippen LogP contribution in [0.15, 0.2) is 33.2 Å². The van der Waals surface area contributed by atoms with E-state index in [0.29, 0.717) is 0 Å². The predicted octanol–water partition coefficient (Wildman–Crippen LogP) is 13.4. The number of fused-ring (bicyclic) bond motifs is 3. The quantitative estimate of drug-likeness (QED) is 0.143. The second-order valence-corrected chi connectivity index (χ2v) is 15.7. The van der Waals surface area contributed by atoms with E-state index in [1.165, 1.54) is 132 Å². The molecule has 3 rings (SSSR count). The molecule has 0 bridgehead atoms. The zero-order valence-corrected chi connectivity index (χ0v) is 29.3. The lowest BCUT2D eigenvalue weighted by Gasteiger charge is -2.20. The molecule has 0 saturated carbocycles. The first kappa shape index (κ1) is 32.7. The van der Waals surface area contributed by atoms with Crippen molar-refractivity contribution in [3.63, 3.8) is 0 Å². The maximum Gasteiger partial charge on any atom is 0.0636 e. The number of unbranched alkanes of at least 4 members (excludes halogenated alkanes) is 13. The third-order valence-electron chi connectivity index (χ3n) is 8.42. The molecule has 3 aromatic rings. The van der Waals surface area contributed by atoms with E-state index in [2.05, 4.69) is 109 Å². The smallest absolute Gasteiger partial charge is 0.0636 e. The Morgan fingerprint density at radius 1 is 0.513 bits per heavy atom. The second kappa shape index (κ2) is 14.9. The van der Waals surface area contributed by atoms with Crippen molar-refractivity contribution in [2.75, 3.05) is 0 Å². The van der Waals surface area contributed by atoms with Crippen LogP contribution in [-0.4, -0.2) is 4.57 Å². The largest absolute Gasteiger partial charge is 0.339 e. The van der Waals surface area contributed by atoms with Crippen molar-refractivity contribution in [1.29, 1.82) is 0 Å². The lowest BCUT2D eigenvalue weighted by molar-refractivity contribution is 0.528. The number of aromatic nitrogens is 1. The van der Waals surface area contributed by atoms with Gasteiger partial charge in [0.1, 0.15) is 0 Å². The summed E-state index contributed by atoms with van der Waals surface area (Å²) >= 11 is 8.00. The Morgan fingerprint density at radius 2 is 0.846 bits per heavy atom. The van der Waals surface area contributed by atoms with Gasteiger partial charge in [-0.2, -0.15) is 0 Å². The minimum Gasteiger partial charge on any atom is -0.339 e. The van der Waals surface area contributed by atoms with E-state index in [9.17, 15) is 0 Å². The average Bonchev–Trinajstić information content (AvgIpc) is 3.18. The Bertz CT molecular complexity index is 1110. The summed E-state index contributed by atoms with van der Waals surface area (Å²) in [5, 5.41) is 2.75. The Morgan fingerprint density at radius 3 is 1.18 bits per heavy atom. The SMILES string of the molecule is CCCCCCCCCCCCCCCCn1c2c(Br)cc(C(C)(C)C)cc2c2cc(C(C)(C)C)cc(Br)c21. The lowest BCUT2D eigenvalue weighted by Crippen LogP contribution is -2.11. The summed E-state index contributed by atoms with van der Waals surface area (Å²) in [5.41, 5.74) is 5.68. The average molecular weight is 662 g/mol. The highest BCUT2D eigenvalue weighted by atomic mass is 79.9. The summed E-state index contributed by atoms with van der Waals surface area (Å²) < 4.78 is 5.02. The van der Waals surface area contributed by atoms with E-state index >= 15 is 0 Å². The van der Waals surface area contributed by atoms with Gasteiger partial charge in [0.15, 0.2) is 0 Å². The highest BCUT2D eigenvalue weighted by Crippen LogP contribution is 2.42. The van der Waals surface area contributed by atoms with Gasteiger partial charge in [0.25, 0.3) is 0 Å². The molecule has 0 amide bonds. The van der Waals surface area contributed by atoms with Crippen molar-refractivity contribution in [3.05, 3.63) is 44.3 Å². The molecule has 1 nitrogen and oxygen atoms in total. The van der Waals surface area contributed by atoms with Gasteiger partial charge in [0, 0.05) is 26.3 Å². The molecule has 0 N–H and O–H groups in total. The van der Waals surface area contributed by atoms with Crippen molar-refractivity contribution < 1.29 is 0 Å². The molecule has 1 heterocycles. The third kappa shape index (κ3) is 9.09. The van der Waals surface area contributed by atoms with Crippen LogP contribution < -0.4 is 0 Å². The number of aryl methyl sites for hydroxylation is 1. The van der Waals surface area contributed by atoms with Gasteiger partial charge in [0.2, 0.25) is 0 Å². The van der Waals surface area contributed by atoms with Crippen LogP contribution in [0.4, 0.5) is 0 Å². The fourth-order valence-corrected chi connectivity index (χ4v) is 7.17. The zero-order chi connectivity index (χ0) is 28.6. The van der Waals surface area contributed by atoms with Gasteiger partial charge in [-0.3, -0.25) is 0 Å². The summed E-state index contributed by atoms with van der Waals surface area (Å²) in [6.45, 7) is 17.2. The van der Waals surface area contributed by atoms with Crippen LogP contribution in [-0.2, 0) is 17.4 Å². The molecule has 0 aliphatic rings. The topological polar surface area (TPSA) is 4.93 Å². The molecule has 0 spiro atoms. The lowest BCUT2D eigenvalue weighted by atomic mass is 9.85. The molecule has 218 valence electrons. The second-order valence-electron chi connectivity index (χ2n) is 14.0. The van der Waals surface area contributed by atoms with Crippen molar-refractivity contribution in [1.82, 2.24) is 4.57 Å². The summed E-state index contributed by atoms with van der Waals surface area (Å²) in [4.78, 5) is 0. The minimum atomic E-state index is 0.110. The zero-order valence-electron chi connectivity index (χ0n) is 26.1. The van der Waals surface area contributed by atoms with Crippen molar-refractivity contribution in [2.45, 2.75) is 156 Å². The van der Waals surface area contributed by atoms with E-state index in [-0.39, 0.29) is 10.8 Å². The van der Waals surface area contributed by atoms with Gasteiger partial charge in [0.05, 0.1) is 11.0 Å². The van der Waals surface area contributed by atoms with Crippen molar-refractivity contribution in [2.24, 2.45) is 0 Å². The molecule has 0 saturated heterocycles. The molecule has 0 atom stereocenters. The molecule has 0 unspecified atom stereocenters. The highest BCUT2D eigenvalue weighted by Gasteiger charge is 2.23. The molecular weight excluding hydrogens is 606 g/mol. The first-order valence-corrected chi connectivity index (χ1v) is 17.5. The van der Waals surface area contributed by atoms with Gasteiger partial charge < -0.3 is 4.57 Å². The molecule has 2 aromatic carbocycles. The number of nitrogens with zero attached hydrogens (tertiary/aromatic N) is 1. The summed E-state index contributed by atoms with van der Waals surface area (Å²) in [5.74, 6) is 0. The van der Waals surface area contributed by atoms with E-state index in [1.54, 1.807) is 0 Å². The summed E-state index contributed by atoms with van der Waals surface area (Å²) in [6.07, 6.45) is 19.6. The fraction of sp³-hybridized carbons (Fsp3) is 0.667.